The molecule has 0 saturated carbocycles. The molecule has 1 N–H and O–H groups in total. The molecule has 110 valence electrons. The van der Waals surface area contributed by atoms with Gasteiger partial charge in [0.1, 0.15) is 11.5 Å². The number of allylic oxidation sites excluding steroid dienone is 2. The lowest BCUT2D eigenvalue weighted by molar-refractivity contribution is -0.102. The van der Waals surface area contributed by atoms with Crippen LogP contribution in [0.3, 0.4) is 0 Å². The Balaban J connectivity index is 1.83. The van der Waals surface area contributed by atoms with E-state index in [-0.39, 0.29) is 17.1 Å². The van der Waals surface area contributed by atoms with Gasteiger partial charge in [-0.1, -0.05) is 6.08 Å². The minimum absolute atomic E-state index is 0.132. The van der Waals surface area contributed by atoms with Crippen LogP contribution in [0.5, 0.6) is 0 Å². The van der Waals surface area contributed by atoms with Crippen LogP contribution in [0.25, 0.3) is 0 Å². The summed E-state index contributed by atoms with van der Waals surface area (Å²) < 4.78 is 14.4. The normalized spacial score (nSPS) is 13.0. The number of nitrogens with one attached hydrogen (secondary N) is 1. The Morgan fingerprint density at radius 3 is 3.09 bits per heavy atom. The van der Waals surface area contributed by atoms with Crippen LogP contribution >= 0.6 is 0 Å². The number of rotatable bonds is 3. The molecule has 1 amide bonds. The summed E-state index contributed by atoms with van der Waals surface area (Å²) >= 11 is 0. The first kappa shape index (κ1) is 13.8. The van der Waals surface area contributed by atoms with Gasteiger partial charge in [0.15, 0.2) is 12.1 Å². The smallest absolute Gasteiger partial charge is 0.257 e. The summed E-state index contributed by atoms with van der Waals surface area (Å²) in [5.41, 5.74) is 0.387. The first-order chi connectivity index (χ1) is 10.7. The highest BCUT2D eigenvalue weighted by Gasteiger charge is 2.13. The van der Waals surface area contributed by atoms with E-state index in [9.17, 15) is 14.0 Å². The number of carbonyl (C=O) groups is 2. The van der Waals surface area contributed by atoms with Crippen molar-refractivity contribution in [3.05, 3.63) is 54.0 Å². The van der Waals surface area contributed by atoms with Crippen LogP contribution < -0.4 is 5.32 Å². The molecule has 8 heteroatoms. The fourth-order valence-corrected chi connectivity index (χ4v) is 1.93. The zero-order chi connectivity index (χ0) is 15.5. The maximum atomic E-state index is 13.0. The van der Waals surface area contributed by atoms with Crippen LogP contribution in [0, 0.1) is 5.95 Å². The highest BCUT2D eigenvalue weighted by molar-refractivity contribution is 6.33. The number of hydrogen-bond donors (Lipinski definition) is 1. The summed E-state index contributed by atoms with van der Waals surface area (Å²) in [6.07, 6.45) is 7.14. The third-order valence-electron chi connectivity index (χ3n) is 2.92. The molecule has 2 aromatic heterocycles. The number of aromatic nitrogens is 3. The number of halogens is 1. The van der Waals surface area contributed by atoms with Gasteiger partial charge in [-0.15, -0.1) is 0 Å². The Labute approximate surface area is 124 Å². The molecule has 3 heterocycles. The van der Waals surface area contributed by atoms with Gasteiger partial charge in [-0.3, -0.25) is 9.59 Å². The lowest BCUT2D eigenvalue weighted by Crippen LogP contribution is -2.12. The van der Waals surface area contributed by atoms with Crippen LogP contribution in [-0.4, -0.2) is 32.5 Å². The van der Waals surface area contributed by atoms with Crippen LogP contribution in [0.2, 0.25) is 0 Å². The van der Waals surface area contributed by atoms with E-state index < -0.39 is 11.9 Å². The number of carbonyl (C=O) groups excluding carboxylic acids is 2. The van der Waals surface area contributed by atoms with Crippen molar-refractivity contribution in [1.29, 1.82) is 0 Å². The maximum absolute atomic E-state index is 13.0. The molecule has 0 bridgehead atoms. The minimum atomic E-state index is -0.737. The second-order valence-electron chi connectivity index (χ2n) is 4.46. The molecule has 1 aliphatic rings. The summed E-state index contributed by atoms with van der Waals surface area (Å²) in [5, 5.41) is 6.62. The molecule has 0 radical (unpaired) electrons. The molecular weight excluding hydrogens is 289 g/mol. The fraction of sp³-hybridized carbons (Fsp3) is 0.0714. The molecule has 0 spiro atoms. The molecule has 0 aromatic carbocycles. The van der Waals surface area contributed by atoms with Crippen molar-refractivity contribution in [1.82, 2.24) is 14.6 Å². The molecule has 0 unspecified atom stereocenters. The molecule has 7 nitrogen and oxygen atoms in total. The topological polar surface area (TPSA) is 89.2 Å². The Kier molecular flexibility index (Phi) is 3.57. The van der Waals surface area contributed by atoms with E-state index >= 15 is 0 Å². The lowest BCUT2D eigenvalue weighted by Gasteiger charge is -2.01. The Bertz CT molecular complexity index is 809. The second kappa shape index (κ2) is 5.68. The van der Waals surface area contributed by atoms with Crippen LogP contribution in [0.4, 0.5) is 10.2 Å². The van der Waals surface area contributed by atoms with Crippen molar-refractivity contribution in [3.8, 4) is 0 Å². The van der Waals surface area contributed by atoms with E-state index in [1.807, 2.05) is 0 Å². The summed E-state index contributed by atoms with van der Waals surface area (Å²) in [4.78, 5) is 30.4. The number of pyridine rings is 1. The number of imidazole rings is 1. The molecule has 2 aromatic rings. The first-order valence-electron chi connectivity index (χ1n) is 6.37. The van der Waals surface area contributed by atoms with Gasteiger partial charge in [-0.2, -0.15) is 9.49 Å². The zero-order valence-electron chi connectivity index (χ0n) is 11.2. The SMILES string of the molecule is O=CC1=Nn2cc(NC(=O)c3ccnc(F)c3)nc2CC=C1. The van der Waals surface area contributed by atoms with Gasteiger partial charge in [0, 0.05) is 24.2 Å². The quantitative estimate of drug-likeness (QED) is 0.681. The average Bonchev–Trinajstić information content (AvgIpc) is 2.77. The number of aldehydes is 1. The molecular formula is C14H10FN5O2. The highest BCUT2D eigenvalue weighted by Crippen LogP contribution is 2.13. The van der Waals surface area contributed by atoms with E-state index in [4.69, 9.17) is 0 Å². The molecule has 3 rings (SSSR count). The highest BCUT2D eigenvalue weighted by atomic mass is 19.1. The van der Waals surface area contributed by atoms with Gasteiger partial charge in [0.05, 0.1) is 6.20 Å². The first-order valence-corrected chi connectivity index (χ1v) is 6.37. The van der Waals surface area contributed by atoms with Crippen molar-refractivity contribution in [2.75, 3.05) is 5.32 Å². The number of anilines is 1. The molecule has 0 saturated heterocycles. The fourth-order valence-electron chi connectivity index (χ4n) is 1.93. The van der Waals surface area contributed by atoms with Gasteiger partial charge in [-0.25, -0.2) is 14.6 Å². The summed E-state index contributed by atoms with van der Waals surface area (Å²) in [5.74, 6) is -0.408. The van der Waals surface area contributed by atoms with Gasteiger partial charge in [0.2, 0.25) is 5.95 Å². The Morgan fingerprint density at radius 2 is 2.32 bits per heavy atom. The third kappa shape index (κ3) is 2.80. The van der Waals surface area contributed by atoms with Crippen LogP contribution in [0.15, 0.2) is 41.8 Å². The third-order valence-corrected chi connectivity index (χ3v) is 2.92. The number of nitrogens with zero attached hydrogens (tertiary/aromatic N) is 4. The Morgan fingerprint density at radius 1 is 1.45 bits per heavy atom. The molecule has 0 fully saturated rings. The number of fused-ring (bicyclic) bond motifs is 1. The lowest BCUT2D eigenvalue weighted by atomic mass is 10.2. The van der Waals surface area contributed by atoms with Gasteiger partial charge in [0.25, 0.3) is 5.91 Å². The van der Waals surface area contributed by atoms with E-state index in [2.05, 4.69) is 20.4 Å². The summed E-state index contributed by atoms with van der Waals surface area (Å²) in [7, 11) is 0. The van der Waals surface area contributed by atoms with Gasteiger partial charge in [-0.05, 0) is 12.1 Å². The van der Waals surface area contributed by atoms with Crippen molar-refractivity contribution in [2.24, 2.45) is 5.10 Å². The predicted octanol–water partition coefficient (Wildman–Crippen LogP) is 1.18. The van der Waals surface area contributed by atoms with Crippen molar-refractivity contribution >= 4 is 23.7 Å². The standard InChI is InChI=1S/C14H10FN5O2/c15-11-6-9(4-5-16-11)14(22)18-12-7-20-13(17-12)3-1-2-10(8-21)19-20/h1-2,4-8H,3H2,(H,18,22). The molecule has 0 aliphatic carbocycles. The van der Waals surface area contributed by atoms with Crippen molar-refractivity contribution in [3.63, 3.8) is 0 Å². The Hall–Kier alpha value is -3.16. The van der Waals surface area contributed by atoms with E-state index in [1.165, 1.54) is 23.1 Å². The van der Waals surface area contributed by atoms with Crippen LogP contribution in [-0.2, 0) is 11.2 Å². The maximum Gasteiger partial charge on any atom is 0.257 e. The van der Waals surface area contributed by atoms with E-state index in [0.29, 0.717) is 18.5 Å². The van der Waals surface area contributed by atoms with Crippen LogP contribution in [0.1, 0.15) is 16.2 Å². The summed E-state index contributed by atoms with van der Waals surface area (Å²) in [6.45, 7) is 0. The minimum Gasteiger partial charge on any atom is -0.305 e. The zero-order valence-corrected chi connectivity index (χ0v) is 11.2. The van der Waals surface area contributed by atoms with E-state index in [1.54, 1.807) is 12.2 Å². The predicted molar refractivity (Wildman–Crippen MR) is 76.1 cm³/mol. The summed E-state index contributed by atoms with van der Waals surface area (Å²) in [6, 6.07) is 2.42. The number of hydrogen-bond acceptors (Lipinski definition) is 5. The van der Waals surface area contributed by atoms with Crippen molar-refractivity contribution < 1.29 is 14.0 Å². The molecule has 1 aliphatic heterocycles. The molecule has 0 atom stereocenters. The van der Waals surface area contributed by atoms with Crippen molar-refractivity contribution in [2.45, 2.75) is 6.42 Å². The second-order valence-corrected chi connectivity index (χ2v) is 4.46. The average molecular weight is 299 g/mol. The largest absolute Gasteiger partial charge is 0.305 e. The van der Waals surface area contributed by atoms with E-state index in [0.717, 1.165) is 6.07 Å². The number of amides is 1. The monoisotopic (exact) mass is 299 g/mol. The molecule has 22 heavy (non-hydrogen) atoms. The van der Waals surface area contributed by atoms with Gasteiger partial charge < -0.3 is 5.32 Å². The van der Waals surface area contributed by atoms with Gasteiger partial charge >= 0.3 is 0 Å².